The Labute approximate surface area is 185 Å². The first-order valence-corrected chi connectivity index (χ1v) is 10.5. The van der Waals surface area contributed by atoms with Crippen molar-refractivity contribution in [1.82, 2.24) is 5.32 Å². The van der Waals surface area contributed by atoms with Crippen molar-refractivity contribution >= 4 is 23.5 Å². The molecule has 2 aromatic rings. The first-order chi connectivity index (χ1) is 15.6. The molecule has 2 aliphatic rings. The van der Waals surface area contributed by atoms with Gasteiger partial charge in [0.15, 0.2) is 11.5 Å². The van der Waals surface area contributed by atoms with Gasteiger partial charge in [-0.2, -0.15) is 0 Å². The Balaban J connectivity index is 1.47. The van der Waals surface area contributed by atoms with Crippen LogP contribution in [0.2, 0.25) is 0 Å². The number of hydrogen-bond acceptors (Lipinski definition) is 7. The lowest BCUT2D eigenvalue weighted by Crippen LogP contribution is -2.36. The van der Waals surface area contributed by atoms with Crippen LogP contribution < -0.4 is 20.1 Å². The predicted octanol–water partition coefficient (Wildman–Crippen LogP) is 2.97. The van der Waals surface area contributed by atoms with E-state index in [0.717, 1.165) is 19.4 Å². The first kappa shape index (κ1) is 21.6. The van der Waals surface area contributed by atoms with E-state index in [0.29, 0.717) is 41.5 Å². The summed E-state index contributed by atoms with van der Waals surface area (Å²) in [5.74, 6) is 0.686. The molecule has 0 spiro atoms. The number of aliphatic imine (C=N–C) groups is 1. The highest BCUT2D eigenvalue weighted by atomic mass is 16.7. The van der Waals surface area contributed by atoms with Crippen LogP contribution in [0.1, 0.15) is 40.5 Å². The van der Waals surface area contributed by atoms with Gasteiger partial charge in [0.05, 0.1) is 24.8 Å². The third-order valence-electron chi connectivity index (χ3n) is 5.00. The molecule has 2 aromatic carbocycles. The monoisotopic (exact) mass is 439 g/mol. The van der Waals surface area contributed by atoms with Gasteiger partial charge in [0, 0.05) is 17.9 Å². The molecule has 0 saturated carbocycles. The fourth-order valence-corrected chi connectivity index (χ4v) is 3.35. The van der Waals surface area contributed by atoms with Crippen LogP contribution in [-0.4, -0.2) is 50.5 Å². The summed E-state index contributed by atoms with van der Waals surface area (Å²) in [6.45, 7) is 3.35. The van der Waals surface area contributed by atoms with Gasteiger partial charge >= 0.3 is 5.97 Å². The number of anilines is 1. The van der Waals surface area contributed by atoms with Crippen molar-refractivity contribution in [1.29, 1.82) is 0 Å². The molecule has 0 bridgehead atoms. The molecule has 168 valence electrons. The van der Waals surface area contributed by atoms with Gasteiger partial charge in [-0.1, -0.05) is 0 Å². The maximum absolute atomic E-state index is 12.8. The van der Waals surface area contributed by atoms with Crippen molar-refractivity contribution in [2.45, 2.75) is 25.9 Å². The van der Waals surface area contributed by atoms with Crippen molar-refractivity contribution in [3.63, 3.8) is 0 Å². The van der Waals surface area contributed by atoms with Crippen molar-refractivity contribution in [2.75, 3.05) is 31.9 Å². The summed E-state index contributed by atoms with van der Waals surface area (Å²) in [6, 6.07) is 11.7. The minimum Gasteiger partial charge on any atom is -0.462 e. The van der Waals surface area contributed by atoms with Crippen LogP contribution in [0.15, 0.2) is 47.5 Å². The molecular formula is C23H25N3O6. The predicted molar refractivity (Wildman–Crippen MR) is 117 cm³/mol. The molecule has 32 heavy (non-hydrogen) atoms. The summed E-state index contributed by atoms with van der Waals surface area (Å²) in [5, 5.41) is 5.92. The standard InChI is InChI=1S/C23H25N3O6/c1-2-29-22(28)15-5-8-17(9-6-15)25-23(24-13-18-4-3-11-30-18)26-21(27)16-7-10-19-20(12-16)32-14-31-19/h5-10,12,18H,2-4,11,13-14H2,1H3,(H2,24,25,26,27). The topological polar surface area (TPSA) is 107 Å². The molecule has 0 aromatic heterocycles. The molecule has 2 N–H and O–H groups in total. The minimum absolute atomic E-state index is 0.0282. The molecule has 0 aliphatic carbocycles. The Bertz CT molecular complexity index is 999. The fraction of sp³-hybridized carbons (Fsp3) is 0.348. The lowest BCUT2D eigenvalue weighted by atomic mass is 10.2. The molecule has 1 fully saturated rings. The van der Waals surface area contributed by atoms with Gasteiger partial charge in [-0.3, -0.25) is 10.1 Å². The molecule has 4 rings (SSSR count). The summed E-state index contributed by atoms with van der Waals surface area (Å²) in [4.78, 5) is 29.2. The number of fused-ring (bicyclic) bond motifs is 1. The minimum atomic E-state index is -0.387. The zero-order valence-corrected chi connectivity index (χ0v) is 17.8. The molecule has 1 atom stereocenters. The van der Waals surface area contributed by atoms with Crippen LogP contribution in [0.25, 0.3) is 0 Å². The molecule has 9 nitrogen and oxygen atoms in total. The largest absolute Gasteiger partial charge is 0.462 e. The number of esters is 1. The average molecular weight is 439 g/mol. The number of rotatable bonds is 6. The summed E-state index contributed by atoms with van der Waals surface area (Å²) in [5.41, 5.74) is 1.52. The van der Waals surface area contributed by atoms with E-state index >= 15 is 0 Å². The van der Waals surface area contributed by atoms with E-state index in [1.54, 1.807) is 49.4 Å². The summed E-state index contributed by atoms with van der Waals surface area (Å²) in [6.07, 6.45) is 1.96. The zero-order chi connectivity index (χ0) is 22.3. The van der Waals surface area contributed by atoms with E-state index in [1.807, 2.05) is 0 Å². The third-order valence-corrected chi connectivity index (χ3v) is 5.00. The van der Waals surface area contributed by atoms with E-state index in [9.17, 15) is 9.59 Å². The Kier molecular flexibility index (Phi) is 6.86. The molecule has 1 unspecified atom stereocenters. The van der Waals surface area contributed by atoms with E-state index in [2.05, 4.69) is 15.6 Å². The molecule has 2 aliphatic heterocycles. The van der Waals surface area contributed by atoms with Gasteiger partial charge in [-0.05, 0) is 62.2 Å². The molecule has 1 amide bonds. The maximum atomic E-state index is 12.8. The molecule has 0 radical (unpaired) electrons. The Morgan fingerprint density at radius 3 is 2.62 bits per heavy atom. The number of hydrogen-bond donors (Lipinski definition) is 2. The highest BCUT2D eigenvalue weighted by molar-refractivity contribution is 6.10. The van der Waals surface area contributed by atoms with E-state index < -0.39 is 0 Å². The molecule has 2 heterocycles. The van der Waals surface area contributed by atoms with Crippen LogP contribution in [0.5, 0.6) is 11.5 Å². The normalized spacial score (nSPS) is 17.2. The molecular weight excluding hydrogens is 414 g/mol. The Morgan fingerprint density at radius 1 is 1.09 bits per heavy atom. The number of guanidine groups is 1. The molecule has 9 heteroatoms. The number of benzene rings is 2. The molecule has 1 saturated heterocycles. The summed E-state index contributed by atoms with van der Waals surface area (Å²) < 4.78 is 21.3. The quantitative estimate of drug-likeness (QED) is 0.405. The summed E-state index contributed by atoms with van der Waals surface area (Å²) in [7, 11) is 0. The highest BCUT2D eigenvalue weighted by Crippen LogP contribution is 2.32. The number of amides is 1. The lowest BCUT2D eigenvalue weighted by molar-refractivity contribution is 0.0526. The van der Waals surface area contributed by atoms with Crippen molar-refractivity contribution < 1.29 is 28.5 Å². The Hall–Kier alpha value is -3.59. The van der Waals surface area contributed by atoms with Gasteiger partial charge in [-0.25, -0.2) is 9.79 Å². The van der Waals surface area contributed by atoms with Gasteiger partial charge in [0.1, 0.15) is 0 Å². The van der Waals surface area contributed by atoms with Crippen LogP contribution in [0.4, 0.5) is 5.69 Å². The second-order valence-electron chi connectivity index (χ2n) is 7.27. The second kappa shape index (κ2) is 10.1. The van der Waals surface area contributed by atoms with Crippen molar-refractivity contribution in [2.24, 2.45) is 4.99 Å². The van der Waals surface area contributed by atoms with Crippen LogP contribution in [-0.2, 0) is 9.47 Å². The van der Waals surface area contributed by atoms with E-state index in [4.69, 9.17) is 18.9 Å². The van der Waals surface area contributed by atoms with Crippen LogP contribution >= 0.6 is 0 Å². The first-order valence-electron chi connectivity index (χ1n) is 10.5. The van der Waals surface area contributed by atoms with Gasteiger partial charge in [-0.15, -0.1) is 0 Å². The van der Waals surface area contributed by atoms with Gasteiger partial charge in [0.25, 0.3) is 5.91 Å². The fourth-order valence-electron chi connectivity index (χ4n) is 3.35. The Morgan fingerprint density at radius 2 is 1.88 bits per heavy atom. The number of carbonyl (C=O) groups excluding carboxylic acids is 2. The number of ether oxygens (including phenoxy) is 4. The second-order valence-corrected chi connectivity index (χ2v) is 7.27. The SMILES string of the molecule is CCOC(=O)c1ccc(NC(=NCC2CCCO2)NC(=O)c2ccc3c(c2)OCO3)cc1. The van der Waals surface area contributed by atoms with Gasteiger partial charge in [0.2, 0.25) is 12.8 Å². The van der Waals surface area contributed by atoms with E-state index in [1.165, 1.54) is 0 Å². The number of carbonyl (C=O) groups is 2. The zero-order valence-electron chi connectivity index (χ0n) is 17.8. The average Bonchev–Trinajstić information content (AvgIpc) is 3.49. The van der Waals surface area contributed by atoms with E-state index in [-0.39, 0.29) is 30.7 Å². The number of nitrogens with one attached hydrogen (secondary N) is 2. The van der Waals surface area contributed by atoms with Crippen LogP contribution in [0.3, 0.4) is 0 Å². The summed E-state index contributed by atoms with van der Waals surface area (Å²) >= 11 is 0. The lowest BCUT2D eigenvalue weighted by Gasteiger charge is -2.14. The third kappa shape index (κ3) is 5.36. The highest BCUT2D eigenvalue weighted by Gasteiger charge is 2.19. The van der Waals surface area contributed by atoms with Crippen molar-refractivity contribution in [3.05, 3.63) is 53.6 Å². The maximum Gasteiger partial charge on any atom is 0.338 e. The number of nitrogens with zero attached hydrogens (tertiary/aromatic N) is 1. The van der Waals surface area contributed by atoms with Crippen LogP contribution in [0, 0.1) is 0 Å². The smallest absolute Gasteiger partial charge is 0.338 e. The van der Waals surface area contributed by atoms with Crippen molar-refractivity contribution in [3.8, 4) is 11.5 Å². The van der Waals surface area contributed by atoms with Gasteiger partial charge < -0.3 is 24.3 Å².